The van der Waals surface area contributed by atoms with Crippen LogP contribution in [-0.4, -0.2) is 96.7 Å². The Bertz CT molecular complexity index is 2080. The van der Waals surface area contributed by atoms with E-state index in [9.17, 15) is 43.2 Å². The molecule has 0 aromatic rings. The van der Waals surface area contributed by atoms with Gasteiger partial charge in [0, 0.05) is 25.7 Å². The van der Waals surface area contributed by atoms with E-state index in [4.69, 9.17) is 37.0 Å². The molecule has 0 aliphatic carbocycles. The molecule has 5 atom stereocenters. The van der Waals surface area contributed by atoms with Crippen LogP contribution in [0.4, 0.5) is 0 Å². The first-order valence-corrected chi connectivity index (χ1v) is 43.9. The Kier molecular flexibility index (Phi) is 72.1. The van der Waals surface area contributed by atoms with Crippen LogP contribution in [0.15, 0.2) is 48.6 Å². The third kappa shape index (κ3) is 73.3. The normalized spacial score (nSPS) is 14.1. The highest BCUT2D eigenvalue weighted by atomic mass is 31.2. The Balaban J connectivity index is 5.29. The summed E-state index contributed by atoms with van der Waals surface area (Å²) in [6.07, 6.45) is 72.2. The smallest absolute Gasteiger partial charge is 0.462 e. The Morgan fingerprint density at radius 2 is 0.490 bits per heavy atom. The fraction of sp³-hybridized carbons (Fsp3) is 0.852. The molecule has 3 N–H and O–H groups in total. The maximum Gasteiger partial charge on any atom is 0.472 e. The molecule has 17 nitrogen and oxygen atoms in total. The minimum Gasteiger partial charge on any atom is -0.462 e. The van der Waals surface area contributed by atoms with E-state index in [2.05, 4.69) is 76.3 Å². The highest BCUT2D eigenvalue weighted by molar-refractivity contribution is 7.47. The molecular weight excluding hydrogens is 1310 g/mol. The summed E-state index contributed by atoms with van der Waals surface area (Å²) in [5.74, 6) is -2.15. The molecule has 0 saturated heterocycles. The van der Waals surface area contributed by atoms with E-state index in [0.717, 1.165) is 141 Å². The van der Waals surface area contributed by atoms with Crippen molar-refractivity contribution in [1.82, 2.24) is 0 Å². The number of hydrogen-bond donors (Lipinski definition) is 3. The second kappa shape index (κ2) is 74.3. The molecule has 0 heterocycles. The summed E-state index contributed by atoms with van der Waals surface area (Å²) in [6.45, 7) is 4.90. The molecule has 5 unspecified atom stereocenters. The fourth-order valence-electron chi connectivity index (χ4n) is 11.5. The van der Waals surface area contributed by atoms with Gasteiger partial charge < -0.3 is 33.8 Å². The molecule has 586 valence electrons. The summed E-state index contributed by atoms with van der Waals surface area (Å²) in [6, 6.07) is 0. The van der Waals surface area contributed by atoms with E-state index in [1.807, 2.05) is 0 Å². The Labute approximate surface area is 610 Å². The van der Waals surface area contributed by atoms with E-state index < -0.39 is 97.5 Å². The van der Waals surface area contributed by atoms with Gasteiger partial charge >= 0.3 is 39.5 Å². The van der Waals surface area contributed by atoms with Gasteiger partial charge in [0.15, 0.2) is 12.2 Å². The molecule has 0 aromatic carbocycles. The molecule has 0 rings (SSSR count). The quantitative estimate of drug-likeness (QED) is 0.0169. The van der Waals surface area contributed by atoms with Crippen LogP contribution >= 0.6 is 15.6 Å². The van der Waals surface area contributed by atoms with Crippen molar-refractivity contribution >= 4 is 39.5 Å². The van der Waals surface area contributed by atoms with Crippen LogP contribution in [-0.2, 0) is 65.4 Å². The molecule has 0 bridgehead atoms. The van der Waals surface area contributed by atoms with Gasteiger partial charge in [0.2, 0.25) is 0 Å². The zero-order valence-corrected chi connectivity index (χ0v) is 65.9. The van der Waals surface area contributed by atoms with Gasteiger partial charge in [-0.3, -0.25) is 37.3 Å². The Morgan fingerprint density at radius 1 is 0.280 bits per heavy atom. The molecule has 0 saturated carbocycles. The van der Waals surface area contributed by atoms with Crippen molar-refractivity contribution in [2.24, 2.45) is 0 Å². The highest BCUT2D eigenvalue weighted by Crippen LogP contribution is 2.45. The average molecular weight is 1460 g/mol. The number of phosphoric ester groups is 2. The second-order valence-corrected chi connectivity index (χ2v) is 30.6. The maximum absolute atomic E-state index is 13.1. The van der Waals surface area contributed by atoms with Gasteiger partial charge in [0.05, 0.1) is 26.4 Å². The van der Waals surface area contributed by atoms with Crippen molar-refractivity contribution in [3.05, 3.63) is 48.6 Å². The Hall–Kier alpha value is -2.98. The number of rotatable bonds is 78. The number of esters is 4. The van der Waals surface area contributed by atoms with Crippen molar-refractivity contribution in [3.8, 4) is 0 Å². The van der Waals surface area contributed by atoms with Crippen LogP contribution in [0.25, 0.3) is 0 Å². The first kappa shape index (κ1) is 97.0. The van der Waals surface area contributed by atoms with Gasteiger partial charge in [-0.05, 0) is 89.9 Å². The number of carbonyl (C=O) groups is 4. The molecule has 0 amide bonds. The highest BCUT2D eigenvalue weighted by Gasteiger charge is 2.30. The Morgan fingerprint density at radius 3 is 0.780 bits per heavy atom. The molecule has 0 fully saturated rings. The van der Waals surface area contributed by atoms with Gasteiger partial charge in [0.1, 0.15) is 19.3 Å². The van der Waals surface area contributed by atoms with Gasteiger partial charge in [-0.1, -0.05) is 320 Å². The zero-order valence-electron chi connectivity index (χ0n) is 64.1. The SMILES string of the molecule is CCCCC/C=C\C/C=C\C/C=C\CCCCCCCCC(=O)OCC(COP(=O)(O)OCC(O)COP(=O)(O)OCC(COC(=O)CCCCCCCCCCCCCCCCC)OC(=O)CCCCCCCCCCCCC)OC(=O)CCCCCCC/C=C\CCCCCCCC. The van der Waals surface area contributed by atoms with E-state index in [-0.39, 0.29) is 25.7 Å². The summed E-state index contributed by atoms with van der Waals surface area (Å²) in [4.78, 5) is 73.0. The van der Waals surface area contributed by atoms with Crippen molar-refractivity contribution in [1.29, 1.82) is 0 Å². The number of ether oxygens (including phenoxy) is 4. The number of carbonyl (C=O) groups excluding carboxylic acids is 4. The average Bonchev–Trinajstić information content (AvgIpc) is 0.985. The number of hydrogen-bond acceptors (Lipinski definition) is 15. The van der Waals surface area contributed by atoms with Gasteiger partial charge in [0.25, 0.3) is 0 Å². The molecule has 0 aliphatic rings. The third-order valence-electron chi connectivity index (χ3n) is 17.8. The maximum atomic E-state index is 13.1. The van der Waals surface area contributed by atoms with Gasteiger partial charge in [-0.2, -0.15) is 0 Å². The lowest BCUT2D eigenvalue weighted by Crippen LogP contribution is -2.30. The molecule has 100 heavy (non-hydrogen) atoms. The lowest BCUT2D eigenvalue weighted by atomic mass is 10.0. The minimum atomic E-state index is -4.97. The van der Waals surface area contributed by atoms with Crippen molar-refractivity contribution in [2.75, 3.05) is 39.6 Å². The van der Waals surface area contributed by atoms with Crippen molar-refractivity contribution < 1.29 is 80.2 Å². The molecule has 0 aliphatic heterocycles. The summed E-state index contributed by atoms with van der Waals surface area (Å²) in [7, 11) is -9.94. The number of aliphatic hydroxyl groups excluding tert-OH is 1. The minimum absolute atomic E-state index is 0.0872. The third-order valence-corrected chi connectivity index (χ3v) is 19.7. The second-order valence-electron chi connectivity index (χ2n) is 27.7. The summed E-state index contributed by atoms with van der Waals surface area (Å²) >= 11 is 0. The van der Waals surface area contributed by atoms with Crippen LogP contribution in [0.5, 0.6) is 0 Å². The van der Waals surface area contributed by atoms with E-state index in [1.165, 1.54) is 167 Å². The predicted molar refractivity (Wildman–Crippen MR) is 409 cm³/mol. The monoisotopic (exact) mass is 1460 g/mol. The topological polar surface area (TPSA) is 237 Å². The summed E-state index contributed by atoms with van der Waals surface area (Å²) in [5, 5.41) is 10.6. The van der Waals surface area contributed by atoms with Crippen LogP contribution in [0.3, 0.4) is 0 Å². The number of unbranched alkanes of at least 4 members (excludes halogenated alkanes) is 44. The lowest BCUT2D eigenvalue weighted by molar-refractivity contribution is -0.161. The zero-order chi connectivity index (χ0) is 73.2. The number of phosphoric acid groups is 2. The number of aliphatic hydroxyl groups is 1. The fourth-order valence-corrected chi connectivity index (χ4v) is 13.1. The molecule has 0 radical (unpaired) electrons. The van der Waals surface area contributed by atoms with Gasteiger partial charge in [-0.15, -0.1) is 0 Å². The van der Waals surface area contributed by atoms with Crippen LogP contribution < -0.4 is 0 Å². The van der Waals surface area contributed by atoms with Crippen LogP contribution in [0.2, 0.25) is 0 Å². The predicted octanol–water partition coefficient (Wildman–Crippen LogP) is 23.7. The lowest BCUT2D eigenvalue weighted by Gasteiger charge is -2.21. The van der Waals surface area contributed by atoms with Crippen LogP contribution in [0, 0.1) is 0 Å². The molecule has 19 heteroatoms. The standard InChI is InChI=1S/C81H150O17P2/c1-5-9-13-17-21-25-29-32-35-36-37-38-41-43-47-50-54-58-62-66-79(84)92-72-77(98-81(86)68-64-60-56-52-48-44-40-34-31-27-23-19-15-11-7-3)74-96-100(89,90)94-70-75(82)69-93-99(87,88)95-73-76(97-80(85)67-63-59-55-51-45-28-24-20-16-12-8-4)71-91-78(83)65-61-57-53-49-46-42-39-33-30-26-22-18-14-10-6-2/h21,25,32,34-35,37-38,40,75-77,82H,5-20,22-24,26-31,33,36,39,41-74H2,1-4H3,(H,87,88)(H,89,90)/b25-21-,35-32-,38-37-,40-34-. The van der Waals surface area contributed by atoms with E-state index in [1.54, 1.807) is 0 Å². The van der Waals surface area contributed by atoms with Gasteiger partial charge in [-0.25, -0.2) is 9.13 Å². The first-order chi connectivity index (χ1) is 48.7. The van der Waals surface area contributed by atoms with E-state index in [0.29, 0.717) is 25.7 Å². The summed E-state index contributed by atoms with van der Waals surface area (Å²) in [5.41, 5.74) is 0. The summed E-state index contributed by atoms with van der Waals surface area (Å²) < 4.78 is 68.6. The molecule has 0 aromatic heterocycles. The molecule has 0 spiro atoms. The van der Waals surface area contributed by atoms with Crippen molar-refractivity contribution in [2.45, 2.75) is 406 Å². The van der Waals surface area contributed by atoms with Crippen LogP contribution in [0.1, 0.15) is 387 Å². The number of allylic oxidation sites excluding steroid dienone is 8. The molecular formula is C81H150O17P2. The van der Waals surface area contributed by atoms with Crippen molar-refractivity contribution in [3.63, 3.8) is 0 Å². The first-order valence-electron chi connectivity index (χ1n) is 40.9. The van der Waals surface area contributed by atoms with E-state index >= 15 is 0 Å². The largest absolute Gasteiger partial charge is 0.472 e.